The predicted octanol–water partition coefficient (Wildman–Crippen LogP) is 1.41. The lowest BCUT2D eigenvalue weighted by molar-refractivity contribution is 0.0948. The van der Waals surface area contributed by atoms with Gasteiger partial charge in [-0.05, 0) is 36.2 Å². The van der Waals surface area contributed by atoms with Crippen LogP contribution in [0.3, 0.4) is 0 Å². The Morgan fingerprint density at radius 3 is 2.84 bits per heavy atom. The maximum atomic E-state index is 13.2. The largest absolute Gasteiger partial charge is 0.383 e. The Balaban J connectivity index is 1.88. The third-order valence-corrected chi connectivity index (χ3v) is 5.07. The van der Waals surface area contributed by atoms with Crippen molar-refractivity contribution in [3.63, 3.8) is 0 Å². The molecule has 0 saturated heterocycles. The fraction of sp³-hybridized carbons (Fsp3) is 0.227. The van der Waals surface area contributed by atoms with Crippen LogP contribution in [0.5, 0.6) is 0 Å². The molecule has 0 aliphatic carbocycles. The second-order valence-electron chi connectivity index (χ2n) is 7.13. The Morgan fingerprint density at radius 1 is 1.26 bits per heavy atom. The van der Waals surface area contributed by atoms with Crippen molar-refractivity contribution in [3.05, 3.63) is 81.5 Å². The van der Waals surface area contributed by atoms with Crippen LogP contribution in [0.1, 0.15) is 21.5 Å². The smallest absolute Gasteiger partial charge is 0.267 e. The van der Waals surface area contributed by atoms with Crippen molar-refractivity contribution < 1.29 is 9.53 Å². The minimum absolute atomic E-state index is 0.0296. The molecule has 9 nitrogen and oxygen atoms in total. The van der Waals surface area contributed by atoms with Crippen LogP contribution in [-0.4, -0.2) is 38.6 Å². The third-order valence-electron chi connectivity index (χ3n) is 5.07. The molecule has 0 radical (unpaired) electrons. The number of pyridine rings is 3. The van der Waals surface area contributed by atoms with Crippen molar-refractivity contribution in [1.29, 1.82) is 5.41 Å². The fourth-order valence-corrected chi connectivity index (χ4v) is 3.45. The molecule has 0 atom stereocenters. The second kappa shape index (κ2) is 8.49. The summed E-state index contributed by atoms with van der Waals surface area (Å²) in [6.45, 7) is 2.72. The van der Waals surface area contributed by atoms with E-state index in [-0.39, 0.29) is 35.1 Å². The summed E-state index contributed by atoms with van der Waals surface area (Å²) in [5.41, 5.74) is 2.31. The number of fused-ring (bicyclic) bond motifs is 2. The van der Waals surface area contributed by atoms with Gasteiger partial charge in [0.25, 0.3) is 11.5 Å². The van der Waals surface area contributed by atoms with Crippen molar-refractivity contribution in [2.24, 2.45) is 0 Å². The number of carbonyl (C=O) groups excluding carboxylic acids is 1. The Bertz CT molecular complexity index is 1390. The van der Waals surface area contributed by atoms with Gasteiger partial charge in [-0.15, -0.1) is 0 Å². The first-order valence-corrected chi connectivity index (χ1v) is 9.77. The van der Waals surface area contributed by atoms with Crippen molar-refractivity contribution in [2.75, 3.05) is 13.7 Å². The molecule has 9 heteroatoms. The number of ether oxygens (including phenoxy) is 1. The predicted molar refractivity (Wildman–Crippen MR) is 115 cm³/mol. The summed E-state index contributed by atoms with van der Waals surface area (Å²) in [7, 11) is 1.55. The lowest BCUT2D eigenvalue weighted by Crippen LogP contribution is -2.35. The van der Waals surface area contributed by atoms with Gasteiger partial charge in [0.1, 0.15) is 16.8 Å². The fourth-order valence-electron chi connectivity index (χ4n) is 3.45. The molecule has 1 amide bonds. The highest BCUT2D eigenvalue weighted by atomic mass is 16.5. The molecule has 0 spiro atoms. The van der Waals surface area contributed by atoms with Gasteiger partial charge in [0.05, 0.1) is 17.6 Å². The molecule has 0 aliphatic heterocycles. The van der Waals surface area contributed by atoms with Gasteiger partial charge >= 0.3 is 0 Å². The number of methoxy groups -OCH3 is 1. The SMILES string of the molecule is COCCn1c(=N)c(C(=O)NCc2cccnc2)cc2c(=O)n3cccc(C)c3nc21. The Kier molecular flexibility index (Phi) is 5.59. The molecule has 4 aromatic heterocycles. The Morgan fingerprint density at radius 2 is 2.10 bits per heavy atom. The standard InChI is InChI=1S/C22H22N6O3/c1-14-5-4-8-28-19(14)26-20-17(22(28)30)11-16(18(23)27(20)9-10-31-2)21(29)25-13-15-6-3-7-24-12-15/h3-8,11-12,23H,9-10,13H2,1-2H3,(H,25,29). The average Bonchev–Trinajstić information content (AvgIpc) is 2.78. The minimum atomic E-state index is -0.448. The van der Waals surface area contributed by atoms with Gasteiger partial charge < -0.3 is 14.6 Å². The first-order chi connectivity index (χ1) is 15.0. The van der Waals surface area contributed by atoms with Crippen LogP contribution in [0.2, 0.25) is 0 Å². The van der Waals surface area contributed by atoms with E-state index < -0.39 is 5.91 Å². The van der Waals surface area contributed by atoms with Crippen molar-refractivity contribution >= 4 is 22.6 Å². The zero-order chi connectivity index (χ0) is 22.0. The molecular weight excluding hydrogens is 396 g/mol. The van der Waals surface area contributed by atoms with Crippen LogP contribution >= 0.6 is 0 Å². The molecule has 0 aromatic carbocycles. The molecule has 0 unspecified atom stereocenters. The summed E-state index contributed by atoms with van der Waals surface area (Å²) in [4.78, 5) is 34.8. The zero-order valence-electron chi connectivity index (χ0n) is 17.3. The number of amides is 1. The van der Waals surface area contributed by atoms with Crippen molar-refractivity contribution in [1.82, 2.24) is 24.3 Å². The molecule has 158 valence electrons. The number of hydrogen-bond acceptors (Lipinski definition) is 6. The van der Waals surface area contributed by atoms with E-state index in [1.54, 1.807) is 42.4 Å². The summed E-state index contributed by atoms with van der Waals surface area (Å²) in [5, 5.41) is 11.7. The van der Waals surface area contributed by atoms with Gasteiger partial charge in [0.2, 0.25) is 0 Å². The Hall–Kier alpha value is -3.85. The van der Waals surface area contributed by atoms with E-state index in [2.05, 4.69) is 15.3 Å². The number of rotatable bonds is 6. The summed E-state index contributed by atoms with van der Waals surface area (Å²) in [6, 6.07) is 8.72. The highest BCUT2D eigenvalue weighted by molar-refractivity contribution is 5.96. The minimum Gasteiger partial charge on any atom is -0.383 e. The first-order valence-electron chi connectivity index (χ1n) is 9.77. The topological polar surface area (TPSA) is 114 Å². The van der Waals surface area contributed by atoms with Crippen LogP contribution in [-0.2, 0) is 17.8 Å². The van der Waals surface area contributed by atoms with E-state index in [0.717, 1.165) is 11.1 Å². The van der Waals surface area contributed by atoms with Gasteiger partial charge in [-0.2, -0.15) is 0 Å². The van der Waals surface area contributed by atoms with Crippen molar-refractivity contribution in [2.45, 2.75) is 20.0 Å². The highest BCUT2D eigenvalue weighted by Gasteiger charge is 2.18. The lowest BCUT2D eigenvalue weighted by atomic mass is 10.2. The number of aromatic nitrogens is 4. The molecular formula is C22H22N6O3. The highest BCUT2D eigenvalue weighted by Crippen LogP contribution is 2.13. The second-order valence-corrected chi connectivity index (χ2v) is 7.13. The van der Waals surface area contributed by atoms with Gasteiger partial charge in [0, 0.05) is 38.8 Å². The summed E-state index contributed by atoms with van der Waals surface area (Å²) >= 11 is 0. The molecule has 4 rings (SSSR count). The summed E-state index contributed by atoms with van der Waals surface area (Å²) < 4.78 is 8.18. The van der Waals surface area contributed by atoms with E-state index in [0.29, 0.717) is 17.9 Å². The summed E-state index contributed by atoms with van der Waals surface area (Å²) in [5.74, 6) is -0.448. The van der Waals surface area contributed by atoms with Crippen LogP contribution < -0.4 is 16.4 Å². The van der Waals surface area contributed by atoms with Crippen LogP contribution in [0, 0.1) is 12.3 Å². The van der Waals surface area contributed by atoms with Gasteiger partial charge in [-0.1, -0.05) is 12.1 Å². The van der Waals surface area contributed by atoms with Crippen LogP contribution in [0.4, 0.5) is 0 Å². The monoisotopic (exact) mass is 418 g/mol. The number of hydrogen-bond donors (Lipinski definition) is 2. The average molecular weight is 418 g/mol. The molecule has 2 N–H and O–H groups in total. The quantitative estimate of drug-likeness (QED) is 0.460. The van der Waals surface area contributed by atoms with Gasteiger partial charge in [0.15, 0.2) is 0 Å². The summed E-state index contributed by atoms with van der Waals surface area (Å²) in [6.07, 6.45) is 4.96. The molecule has 4 aromatic rings. The molecule has 31 heavy (non-hydrogen) atoms. The van der Waals surface area contributed by atoms with E-state index in [9.17, 15) is 9.59 Å². The van der Waals surface area contributed by atoms with E-state index in [4.69, 9.17) is 10.1 Å². The van der Waals surface area contributed by atoms with Crippen LogP contribution in [0.15, 0.2) is 53.7 Å². The Labute approximate surface area is 177 Å². The van der Waals surface area contributed by atoms with Gasteiger partial charge in [-0.3, -0.25) is 24.4 Å². The van der Waals surface area contributed by atoms with E-state index >= 15 is 0 Å². The lowest BCUT2D eigenvalue weighted by Gasteiger charge is -2.15. The molecule has 0 aliphatic rings. The third kappa shape index (κ3) is 3.82. The van der Waals surface area contributed by atoms with E-state index in [1.807, 2.05) is 19.1 Å². The first kappa shape index (κ1) is 20.4. The van der Waals surface area contributed by atoms with E-state index in [1.165, 1.54) is 10.5 Å². The number of nitrogens with zero attached hydrogens (tertiary/aromatic N) is 4. The maximum absolute atomic E-state index is 13.2. The number of aryl methyl sites for hydroxylation is 1. The maximum Gasteiger partial charge on any atom is 0.267 e. The molecule has 0 bridgehead atoms. The number of carbonyl (C=O) groups is 1. The normalized spacial score (nSPS) is 11.2. The zero-order valence-corrected chi connectivity index (χ0v) is 17.3. The molecule has 0 saturated carbocycles. The van der Waals surface area contributed by atoms with Crippen molar-refractivity contribution in [3.8, 4) is 0 Å². The number of nitrogens with one attached hydrogen (secondary N) is 2. The molecule has 0 fully saturated rings. The molecule has 4 heterocycles. The van der Waals surface area contributed by atoms with Gasteiger partial charge in [-0.25, -0.2) is 4.98 Å². The van der Waals surface area contributed by atoms with Crippen LogP contribution in [0.25, 0.3) is 16.7 Å².